The summed E-state index contributed by atoms with van der Waals surface area (Å²) in [5, 5.41) is 17.2. The maximum absolute atomic E-state index is 13.4. The van der Waals surface area contributed by atoms with Crippen molar-refractivity contribution in [2.24, 2.45) is 0 Å². The largest absolute Gasteiger partial charge is 0.358 e. The maximum Gasteiger partial charge on any atom is 0.255 e. The molecule has 1 aliphatic heterocycles. The highest BCUT2D eigenvalue weighted by Gasteiger charge is 2.20. The van der Waals surface area contributed by atoms with Gasteiger partial charge in [-0.1, -0.05) is 12.1 Å². The molecule has 1 aromatic heterocycles. The van der Waals surface area contributed by atoms with Gasteiger partial charge in [-0.05, 0) is 49.0 Å². The first kappa shape index (κ1) is 17.2. The summed E-state index contributed by atoms with van der Waals surface area (Å²) >= 11 is 5.06. The van der Waals surface area contributed by atoms with Crippen LogP contribution in [0.2, 0.25) is 0 Å². The van der Waals surface area contributed by atoms with Gasteiger partial charge in [-0.15, -0.1) is 0 Å². The molecule has 8 heteroatoms. The molecule has 2 aromatic carbocycles. The van der Waals surface area contributed by atoms with E-state index in [4.69, 9.17) is 12.2 Å². The quantitative estimate of drug-likeness (QED) is 0.524. The van der Waals surface area contributed by atoms with Crippen LogP contribution in [0.1, 0.15) is 6.92 Å². The van der Waals surface area contributed by atoms with E-state index in [2.05, 4.69) is 26.1 Å². The summed E-state index contributed by atoms with van der Waals surface area (Å²) in [6.45, 7) is 2.16. The molecule has 1 amide bonds. The maximum atomic E-state index is 13.4. The fourth-order valence-electron chi connectivity index (χ4n) is 3.09. The molecule has 0 unspecified atom stereocenters. The number of carbonyl (C=O) groups is 1. The number of H-pyrrole nitrogens is 1. The number of anilines is 1. The molecule has 0 saturated heterocycles. The van der Waals surface area contributed by atoms with E-state index < -0.39 is 0 Å². The van der Waals surface area contributed by atoms with Crippen molar-refractivity contribution in [2.75, 3.05) is 11.9 Å². The third-order valence-corrected chi connectivity index (χ3v) is 4.71. The molecule has 136 valence electrons. The third kappa shape index (κ3) is 3.26. The molecule has 2 heterocycles. The molecule has 0 fully saturated rings. The van der Waals surface area contributed by atoms with Gasteiger partial charge in [-0.25, -0.2) is 4.39 Å². The Balaban J connectivity index is 1.77. The molecule has 0 atom stereocenters. The van der Waals surface area contributed by atoms with E-state index in [-0.39, 0.29) is 11.7 Å². The minimum Gasteiger partial charge on any atom is -0.358 e. The van der Waals surface area contributed by atoms with Crippen LogP contribution in [0.5, 0.6) is 0 Å². The third-order valence-electron chi connectivity index (χ3n) is 4.46. The van der Waals surface area contributed by atoms with E-state index in [9.17, 15) is 9.18 Å². The first-order valence-electron chi connectivity index (χ1n) is 8.31. The van der Waals surface area contributed by atoms with E-state index in [0.29, 0.717) is 28.6 Å². The van der Waals surface area contributed by atoms with Crippen LogP contribution in [-0.2, 0) is 4.79 Å². The fraction of sp³-hybridized carbons (Fsp3) is 0.105. The highest BCUT2D eigenvalue weighted by molar-refractivity contribution is 7.80. The minimum absolute atomic E-state index is 0.235. The molecule has 0 spiro atoms. The number of benzene rings is 2. The Kier molecular flexibility index (Phi) is 4.33. The lowest BCUT2D eigenvalue weighted by Gasteiger charge is -2.22. The van der Waals surface area contributed by atoms with Crippen LogP contribution in [0.15, 0.2) is 53.9 Å². The smallest absolute Gasteiger partial charge is 0.255 e. The number of allylic oxidation sites excluding steroid dienone is 1. The van der Waals surface area contributed by atoms with Crippen molar-refractivity contribution in [1.29, 1.82) is 0 Å². The summed E-state index contributed by atoms with van der Waals surface area (Å²) in [5.74, 6) is -0.555. The number of nitrogens with one attached hydrogen (secondary N) is 4. The Morgan fingerprint density at radius 1 is 1.22 bits per heavy atom. The summed E-state index contributed by atoms with van der Waals surface area (Å²) in [7, 11) is 0. The van der Waals surface area contributed by atoms with Gasteiger partial charge < -0.3 is 16.0 Å². The molecule has 6 nitrogen and oxygen atoms in total. The second-order valence-corrected chi connectivity index (χ2v) is 6.60. The first-order valence-corrected chi connectivity index (χ1v) is 8.72. The number of hydrogen-bond donors (Lipinski definition) is 4. The number of halogens is 1. The molecule has 0 radical (unpaired) electrons. The summed E-state index contributed by atoms with van der Waals surface area (Å²) in [4.78, 5) is 12.8. The Hall–Kier alpha value is -3.26. The molecular weight excluding hydrogens is 365 g/mol. The molecule has 4 rings (SSSR count). The number of rotatable bonds is 3. The highest BCUT2D eigenvalue weighted by atomic mass is 32.1. The van der Waals surface area contributed by atoms with Crippen LogP contribution in [-0.4, -0.2) is 27.8 Å². The van der Waals surface area contributed by atoms with E-state index in [1.807, 2.05) is 13.0 Å². The summed E-state index contributed by atoms with van der Waals surface area (Å²) in [5.41, 5.74) is 4.29. The van der Waals surface area contributed by atoms with Crippen LogP contribution in [0.3, 0.4) is 0 Å². The van der Waals surface area contributed by atoms with E-state index >= 15 is 0 Å². The van der Waals surface area contributed by atoms with Crippen molar-refractivity contribution in [1.82, 2.24) is 20.8 Å². The molecule has 0 aliphatic carbocycles. The second-order valence-electron chi connectivity index (χ2n) is 6.19. The van der Waals surface area contributed by atoms with Gasteiger partial charge in [0.15, 0.2) is 5.11 Å². The predicted molar refractivity (Wildman–Crippen MR) is 107 cm³/mol. The zero-order valence-corrected chi connectivity index (χ0v) is 15.2. The van der Waals surface area contributed by atoms with Crippen LogP contribution >= 0.6 is 12.2 Å². The van der Waals surface area contributed by atoms with Gasteiger partial charge in [0.2, 0.25) is 0 Å². The van der Waals surface area contributed by atoms with Gasteiger partial charge in [0.25, 0.3) is 5.91 Å². The predicted octanol–water partition coefficient (Wildman–Crippen LogP) is 3.06. The number of nitrogens with zero attached hydrogens (tertiary/aromatic N) is 1. The van der Waals surface area contributed by atoms with Crippen LogP contribution in [0.25, 0.3) is 22.0 Å². The Labute approximate surface area is 159 Å². The Morgan fingerprint density at radius 3 is 2.74 bits per heavy atom. The lowest BCUT2D eigenvalue weighted by Crippen LogP contribution is -2.43. The van der Waals surface area contributed by atoms with E-state index in [1.54, 1.807) is 24.4 Å². The Bertz CT molecular complexity index is 1090. The summed E-state index contributed by atoms with van der Waals surface area (Å²) < 4.78 is 13.4. The van der Waals surface area contributed by atoms with Gasteiger partial charge in [0, 0.05) is 28.9 Å². The number of fused-ring (bicyclic) bond motifs is 1. The zero-order chi connectivity index (χ0) is 19.0. The number of hydrogen-bond acceptors (Lipinski definition) is 3. The first-order chi connectivity index (χ1) is 13.0. The number of aromatic amines is 1. The van der Waals surface area contributed by atoms with Crippen molar-refractivity contribution in [3.05, 3.63) is 59.7 Å². The zero-order valence-electron chi connectivity index (χ0n) is 14.4. The monoisotopic (exact) mass is 381 g/mol. The minimum atomic E-state index is -0.320. The molecule has 0 bridgehead atoms. The number of amides is 1. The van der Waals surface area contributed by atoms with Crippen LogP contribution in [0, 0.1) is 5.82 Å². The number of aromatic nitrogens is 2. The normalized spacial score (nSPS) is 14.1. The lowest BCUT2D eigenvalue weighted by atomic mass is 9.99. The van der Waals surface area contributed by atoms with Gasteiger partial charge >= 0.3 is 0 Å². The average Bonchev–Trinajstić information content (AvgIpc) is 3.11. The average molecular weight is 381 g/mol. The standard InChI is InChI=1S/C19H16FN5OS/c1-10-13(8-21-19(27)23-10)18(26)24-16-7-6-15-14(9-22-25-15)17(16)11-2-4-12(20)5-3-11/h2-7,9H,8H2,1H3,(H,22,25)(H,24,26)(H2,21,23,27). The van der Waals surface area contributed by atoms with Gasteiger partial charge in [0.05, 0.1) is 17.3 Å². The summed E-state index contributed by atoms with van der Waals surface area (Å²) in [6.07, 6.45) is 1.69. The van der Waals surface area contributed by atoms with E-state index in [1.165, 1.54) is 12.1 Å². The van der Waals surface area contributed by atoms with Crippen LogP contribution in [0.4, 0.5) is 10.1 Å². The summed E-state index contributed by atoms with van der Waals surface area (Å²) in [6, 6.07) is 9.80. The topological polar surface area (TPSA) is 81.8 Å². The van der Waals surface area contributed by atoms with Gasteiger partial charge in [-0.3, -0.25) is 9.89 Å². The van der Waals surface area contributed by atoms with Crippen molar-refractivity contribution in [3.63, 3.8) is 0 Å². The molecule has 0 saturated carbocycles. The van der Waals surface area contributed by atoms with E-state index in [0.717, 1.165) is 22.0 Å². The van der Waals surface area contributed by atoms with Crippen molar-refractivity contribution in [2.45, 2.75) is 6.92 Å². The number of carbonyl (C=O) groups excluding carboxylic acids is 1. The molecule has 4 N–H and O–H groups in total. The highest BCUT2D eigenvalue weighted by Crippen LogP contribution is 2.35. The fourth-order valence-corrected chi connectivity index (χ4v) is 3.31. The second kappa shape index (κ2) is 6.81. The van der Waals surface area contributed by atoms with Crippen molar-refractivity contribution in [3.8, 4) is 11.1 Å². The van der Waals surface area contributed by atoms with Crippen LogP contribution < -0.4 is 16.0 Å². The SMILES string of the molecule is CC1=C(C(=O)Nc2ccc3[nH]ncc3c2-c2ccc(F)cc2)CNC(=S)N1. The molecule has 1 aliphatic rings. The molecular formula is C19H16FN5OS. The number of thiocarbonyl (C=S) groups is 1. The lowest BCUT2D eigenvalue weighted by molar-refractivity contribution is -0.113. The van der Waals surface area contributed by atoms with Gasteiger partial charge in [-0.2, -0.15) is 5.10 Å². The Morgan fingerprint density at radius 2 is 2.00 bits per heavy atom. The van der Waals surface area contributed by atoms with Crippen molar-refractivity contribution < 1.29 is 9.18 Å². The van der Waals surface area contributed by atoms with Crippen molar-refractivity contribution >= 4 is 39.8 Å². The van der Waals surface area contributed by atoms with Gasteiger partial charge in [0.1, 0.15) is 5.82 Å². The molecule has 27 heavy (non-hydrogen) atoms. The molecule has 3 aromatic rings.